The molecule has 120 valence electrons. The first kappa shape index (κ1) is 17.2. The first-order chi connectivity index (χ1) is 11.2. The van der Waals surface area contributed by atoms with Crippen molar-refractivity contribution >= 4 is 23.2 Å². The zero-order valence-corrected chi connectivity index (χ0v) is 14.0. The average Bonchev–Trinajstić information content (AvgIpc) is 2.59. The molecule has 0 fully saturated rings. The van der Waals surface area contributed by atoms with Crippen LogP contribution in [0.2, 0.25) is 5.02 Å². The van der Waals surface area contributed by atoms with Crippen LogP contribution in [0, 0.1) is 0 Å². The van der Waals surface area contributed by atoms with E-state index in [1.54, 1.807) is 24.3 Å². The second kappa shape index (κ2) is 9.11. The Kier molecular flexibility index (Phi) is 6.82. The van der Waals surface area contributed by atoms with Gasteiger partial charge in [-0.15, -0.1) is 0 Å². The van der Waals surface area contributed by atoms with Gasteiger partial charge in [-0.2, -0.15) is 5.10 Å². The van der Waals surface area contributed by atoms with E-state index < -0.39 is 0 Å². The summed E-state index contributed by atoms with van der Waals surface area (Å²) in [4.78, 5) is 12.2. The van der Waals surface area contributed by atoms with Crippen LogP contribution in [-0.2, 0) is 0 Å². The zero-order valence-electron chi connectivity index (χ0n) is 13.3. The van der Waals surface area contributed by atoms with Crippen molar-refractivity contribution in [3.8, 4) is 0 Å². The molecule has 0 radical (unpaired) electrons. The molecule has 2 aromatic rings. The fourth-order valence-electron chi connectivity index (χ4n) is 2.22. The number of amides is 1. The molecule has 4 heteroatoms. The molecule has 3 nitrogen and oxygen atoms in total. The summed E-state index contributed by atoms with van der Waals surface area (Å²) in [6, 6.07) is 16.7. The highest BCUT2D eigenvalue weighted by Gasteiger charge is 2.07. The Morgan fingerprint density at radius 3 is 2.35 bits per heavy atom. The number of halogens is 1. The largest absolute Gasteiger partial charge is 0.271 e. The fourth-order valence-corrected chi connectivity index (χ4v) is 2.35. The first-order valence-electron chi connectivity index (χ1n) is 7.88. The minimum atomic E-state index is -0.231. The van der Waals surface area contributed by atoms with Gasteiger partial charge < -0.3 is 0 Å². The summed E-state index contributed by atoms with van der Waals surface area (Å²) in [6.45, 7) is 2.17. The molecule has 0 aliphatic rings. The molecule has 1 amide bonds. The van der Waals surface area contributed by atoms with Crippen molar-refractivity contribution in [1.82, 2.24) is 5.43 Å². The van der Waals surface area contributed by atoms with Gasteiger partial charge in [0.25, 0.3) is 5.91 Å². The highest BCUT2D eigenvalue weighted by molar-refractivity contribution is 6.30. The molecule has 0 atom stereocenters. The molecule has 2 rings (SSSR count). The second-order valence-corrected chi connectivity index (χ2v) is 5.77. The number of nitrogens with zero attached hydrogens (tertiary/aromatic N) is 1. The lowest BCUT2D eigenvalue weighted by molar-refractivity contribution is 0.0955. The van der Waals surface area contributed by atoms with E-state index in [1.807, 2.05) is 30.3 Å². The maximum absolute atomic E-state index is 12.2. The third-order valence-electron chi connectivity index (χ3n) is 3.52. The average molecular weight is 329 g/mol. The molecular weight excluding hydrogens is 308 g/mol. The van der Waals surface area contributed by atoms with Gasteiger partial charge in [0.2, 0.25) is 0 Å². The highest BCUT2D eigenvalue weighted by Crippen LogP contribution is 2.11. The maximum Gasteiger partial charge on any atom is 0.271 e. The predicted molar refractivity (Wildman–Crippen MR) is 96.0 cm³/mol. The minimum absolute atomic E-state index is 0.231. The Morgan fingerprint density at radius 1 is 1.00 bits per heavy atom. The van der Waals surface area contributed by atoms with Crippen molar-refractivity contribution in [2.75, 3.05) is 0 Å². The third-order valence-corrected chi connectivity index (χ3v) is 3.77. The molecule has 23 heavy (non-hydrogen) atoms. The molecule has 0 aliphatic heterocycles. The number of hydrogen-bond donors (Lipinski definition) is 1. The topological polar surface area (TPSA) is 41.5 Å². The summed E-state index contributed by atoms with van der Waals surface area (Å²) in [7, 11) is 0. The van der Waals surface area contributed by atoms with Gasteiger partial charge in [0, 0.05) is 10.6 Å². The first-order valence-corrected chi connectivity index (χ1v) is 8.26. The van der Waals surface area contributed by atoms with Gasteiger partial charge >= 0.3 is 0 Å². The summed E-state index contributed by atoms with van der Waals surface area (Å²) in [5, 5.41) is 4.95. The van der Waals surface area contributed by atoms with Crippen molar-refractivity contribution in [3.05, 3.63) is 70.7 Å². The molecule has 0 saturated heterocycles. The van der Waals surface area contributed by atoms with Crippen LogP contribution in [0.25, 0.3) is 0 Å². The summed E-state index contributed by atoms with van der Waals surface area (Å²) in [5.41, 5.74) is 5.14. The maximum atomic E-state index is 12.2. The number of unbranched alkanes of at least 4 members (excludes halogenated alkanes) is 2. The van der Waals surface area contributed by atoms with Gasteiger partial charge in [-0.05, 0) is 42.7 Å². The van der Waals surface area contributed by atoms with Crippen molar-refractivity contribution in [3.63, 3.8) is 0 Å². The van der Waals surface area contributed by atoms with E-state index in [1.165, 1.54) is 0 Å². The van der Waals surface area contributed by atoms with E-state index >= 15 is 0 Å². The minimum Gasteiger partial charge on any atom is -0.267 e. The van der Waals surface area contributed by atoms with E-state index in [4.69, 9.17) is 11.6 Å². The van der Waals surface area contributed by atoms with Crippen LogP contribution in [0.5, 0.6) is 0 Å². The van der Waals surface area contributed by atoms with Crippen molar-refractivity contribution in [2.45, 2.75) is 32.6 Å². The predicted octanol–water partition coefficient (Wildman–Crippen LogP) is 5.05. The number of carbonyl (C=O) groups excluding carboxylic acids is 1. The van der Waals surface area contributed by atoms with Crippen LogP contribution in [0.3, 0.4) is 0 Å². The van der Waals surface area contributed by atoms with E-state index in [9.17, 15) is 4.79 Å². The van der Waals surface area contributed by atoms with Crippen LogP contribution in [0.4, 0.5) is 0 Å². The SMILES string of the molecule is CCCCC/C(=N/NC(=O)c1ccc(Cl)cc1)c1ccccc1. The fraction of sp³-hybridized carbons (Fsp3) is 0.263. The number of hydrazone groups is 1. The lowest BCUT2D eigenvalue weighted by Crippen LogP contribution is -2.20. The Morgan fingerprint density at radius 2 is 1.70 bits per heavy atom. The van der Waals surface area contributed by atoms with Crippen LogP contribution < -0.4 is 5.43 Å². The number of benzene rings is 2. The number of hydrogen-bond acceptors (Lipinski definition) is 2. The molecule has 1 N–H and O–H groups in total. The number of nitrogens with one attached hydrogen (secondary N) is 1. The highest BCUT2D eigenvalue weighted by atomic mass is 35.5. The molecule has 2 aromatic carbocycles. The summed E-state index contributed by atoms with van der Waals surface area (Å²) >= 11 is 5.84. The lowest BCUT2D eigenvalue weighted by Gasteiger charge is -2.07. The Hall–Kier alpha value is -2.13. The van der Waals surface area contributed by atoms with Crippen LogP contribution in [0.15, 0.2) is 59.7 Å². The molecule has 0 heterocycles. The van der Waals surface area contributed by atoms with Gasteiger partial charge in [0.15, 0.2) is 0 Å². The molecular formula is C19H21ClN2O. The Balaban J connectivity index is 2.09. The lowest BCUT2D eigenvalue weighted by atomic mass is 10.0. The van der Waals surface area contributed by atoms with Crippen LogP contribution in [0.1, 0.15) is 48.5 Å². The van der Waals surface area contributed by atoms with Gasteiger partial charge in [0.05, 0.1) is 5.71 Å². The number of carbonyl (C=O) groups is 1. The van der Waals surface area contributed by atoms with E-state index in [2.05, 4.69) is 17.5 Å². The summed E-state index contributed by atoms with van der Waals surface area (Å²) in [5.74, 6) is -0.231. The number of rotatable bonds is 7. The van der Waals surface area contributed by atoms with Gasteiger partial charge in [-0.3, -0.25) is 4.79 Å². The molecule has 0 spiro atoms. The summed E-state index contributed by atoms with van der Waals surface area (Å²) in [6.07, 6.45) is 4.20. The molecule has 0 unspecified atom stereocenters. The summed E-state index contributed by atoms with van der Waals surface area (Å²) < 4.78 is 0. The van der Waals surface area contributed by atoms with E-state index in [-0.39, 0.29) is 5.91 Å². The zero-order chi connectivity index (χ0) is 16.5. The van der Waals surface area contributed by atoms with E-state index in [0.29, 0.717) is 10.6 Å². The normalized spacial score (nSPS) is 11.3. The van der Waals surface area contributed by atoms with E-state index in [0.717, 1.165) is 37.0 Å². The van der Waals surface area contributed by atoms with Crippen LogP contribution in [-0.4, -0.2) is 11.6 Å². The van der Waals surface area contributed by atoms with Crippen molar-refractivity contribution < 1.29 is 4.79 Å². The van der Waals surface area contributed by atoms with Gasteiger partial charge in [-0.1, -0.05) is 61.7 Å². The smallest absolute Gasteiger partial charge is 0.267 e. The Labute approximate surface area is 142 Å². The van der Waals surface area contributed by atoms with Gasteiger partial charge in [-0.25, -0.2) is 5.43 Å². The second-order valence-electron chi connectivity index (χ2n) is 5.33. The van der Waals surface area contributed by atoms with Crippen molar-refractivity contribution in [1.29, 1.82) is 0 Å². The van der Waals surface area contributed by atoms with Gasteiger partial charge in [0.1, 0.15) is 0 Å². The molecule has 0 aromatic heterocycles. The molecule has 0 aliphatic carbocycles. The quantitative estimate of drug-likeness (QED) is 0.431. The van der Waals surface area contributed by atoms with Crippen molar-refractivity contribution in [2.24, 2.45) is 5.10 Å². The molecule has 0 bridgehead atoms. The standard InChI is InChI=1S/C19H21ClN2O/c1-2-3-5-10-18(15-8-6-4-7-9-15)21-22-19(23)16-11-13-17(20)14-12-16/h4,6-9,11-14H,2-3,5,10H2,1H3,(H,22,23)/b21-18-. The third kappa shape index (κ3) is 5.53. The monoisotopic (exact) mass is 328 g/mol. The van der Waals surface area contributed by atoms with Crippen LogP contribution >= 0.6 is 11.6 Å². The molecule has 0 saturated carbocycles. The Bertz CT molecular complexity index is 651.